The lowest BCUT2D eigenvalue weighted by atomic mass is 9.87. The zero-order valence-electron chi connectivity index (χ0n) is 14.7. The second-order valence-electron chi connectivity index (χ2n) is 7.94. The van der Waals surface area contributed by atoms with E-state index in [9.17, 15) is 4.79 Å². The van der Waals surface area contributed by atoms with Gasteiger partial charge in [-0.15, -0.1) is 0 Å². The fourth-order valence-corrected chi connectivity index (χ4v) is 4.59. The Bertz CT molecular complexity index is 548. The van der Waals surface area contributed by atoms with E-state index in [-0.39, 0.29) is 0 Å². The highest BCUT2D eigenvalue weighted by atomic mass is 16.2. The van der Waals surface area contributed by atoms with Crippen molar-refractivity contribution in [2.45, 2.75) is 63.5 Å². The van der Waals surface area contributed by atoms with Crippen LogP contribution in [0.2, 0.25) is 0 Å². The number of carbonyl (C=O) groups excluding carboxylic acids is 1. The van der Waals surface area contributed by atoms with E-state index in [0.29, 0.717) is 17.9 Å². The van der Waals surface area contributed by atoms with Crippen LogP contribution in [0.3, 0.4) is 0 Å². The molecule has 130 valence electrons. The standard InChI is InChI=1S/C21H30N2O/c24-21(18-9-5-2-6-10-18)23-14-13-22(19-11-12-19)16-20(23)15-17-7-3-1-4-8-17/h1,3-4,7-8,18-20H,2,5-6,9-16H2. The first-order valence-corrected chi connectivity index (χ1v) is 9.90. The first-order valence-electron chi connectivity index (χ1n) is 9.90. The highest BCUT2D eigenvalue weighted by molar-refractivity contribution is 5.79. The Kier molecular flexibility index (Phi) is 4.88. The van der Waals surface area contributed by atoms with Gasteiger partial charge in [-0.25, -0.2) is 0 Å². The van der Waals surface area contributed by atoms with Gasteiger partial charge in [0.05, 0.1) is 0 Å². The van der Waals surface area contributed by atoms with Crippen LogP contribution in [0.25, 0.3) is 0 Å². The van der Waals surface area contributed by atoms with Gasteiger partial charge in [0.2, 0.25) is 5.91 Å². The van der Waals surface area contributed by atoms with Crippen molar-refractivity contribution in [3.63, 3.8) is 0 Å². The summed E-state index contributed by atoms with van der Waals surface area (Å²) < 4.78 is 0. The number of amides is 1. The van der Waals surface area contributed by atoms with E-state index in [1.807, 2.05) is 0 Å². The minimum Gasteiger partial charge on any atom is -0.337 e. The molecule has 1 atom stereocenters. The average molecular weight is 326 g/mol. The Labute approximate surface area is 146 Å². The molecule has 1 aromatic carbocycles. The fraction of sp³-hybridized carbons (Fsp3) is 0.667. The lowest BCUT2D eigenvalue weighted by molar-refractivity contribution is -0.141. The van der Waals surface area contributed by atoms with E-state index in [2.05, 4.69) is 40.1 Å². The molecule has 0 radical (unpaired) electrons. The number of piperazine rings is 1. The van der Waals surface area contributed by atoms with Crippen LogP contribution in [0.15, 0.2) is 30.3 Å². The molecule has 3 fully saturated rings. The van der Waals surface area contributed by atoms with Crippen molar-refractivity contribution in [1.82, 2.24) is 9.80 Å². The molecule has 3 nitrogen and oxygen atoms in total. The largest absolute Gasteiger partial charge is 0.337 e. The molecule has 1 saturated heterocycles. The Morgan fingerprint density at radius 2 is 1.71 bits per heavy atom. The van der Waals surface area contributed by atoms with Crippen LogP contribution in [0.5, 0.6) is 0 Å². The van der Waals surface area contributed by atoms with Gasteiger partial charge in [0.1, 0.15) is 0 Å². The summed E-state index contributed by atoms with van der Waals surface area (Å²) in [6.45, 7) is 3.08. The third kappa shape index (κ3) is 3.66. The van der Waals surface area contributed by atoms with Gasteiger partial charge in [-0.1, -0.05) is 49.6 Å². The van der Waals surface area contributed by atoms with Crippen molar-refractivity contribution >= 4 is 5.91 Å². The molecule has 3 aliphatic rings. The molecule has 24 heavy (non-hydrogen) atoms. The zero-order valence-corrected chi connectivity index (χ0v) is 14.7. The van der Waals surface area contributed by atoms with Gasteiger partial charge in [0, 0.05) is 37.6 Å². The number of benzene rings is 1. The first kappa shape index (κ1) is 16.1. The summed E-state index contributed by atoms with van der Waals surface area (Å²) in [5.41, 5.74) is 1.36. The van der Waals surface area contributed by atoms with Gasteiger partial charge in [0.15, 0.2) is 0 Å². The van der Waals surface area contributed by atoms with Crippen molar-refractivity contribution < 1.29 is 4.79 Å². The van der Waals surface area contributed by atoms with Crippen LogP contribution in [-0.4, -0.2) is 47.4 Å². The number of nitrogens with zero attached hydrogens (tertiary/aromatic N) is 2. The molecule has 1 heterocycles. The van der Waals surface area contributed by atoms with Crippen molar-refractivity contribution in [3.05, 3.63) is 35.9 Å². The van der Waals surface area contributed by atoms with Gasteiger partial charge >= 0.3 is 0 Å². The predicted octanol–water partition coefficient (Wildman–Crippen LogP) is 3.48. The topological polar surface area (TPSA) is 23.6 Å². The molecule has 0 N–H and O–H groups in total. The third-order valence-electron chi connectivity index (χ3n) is 6.13. The van der Waals surface area contributed by atoms with E-state index in [1.165, 1.54) is 37.7 Å². The van der Waals surface area contributed by atoms with E-state index < -0.39 is 0 Å². The third-order valence-corrected chi connectivity index (χ3v) is 6.13. The Morgan fingerprint density at radius 1 is 0.958 bits per heavy atom. The van der Waals surface area contributed by atoms with E-state index in [0.717, 1.165) is 44.9 Å². The molecule has 2 aliphatic carbocycles. The maximum Gasteiger partial charge on any atom is 0.226 e. The van der Waals surface area contributed by atoms with Gasteiger partial charge in [0.25, 0.3) is 0 Å². The van der Waals surface area contributed by atoms with E-state index in [1.54, 1.807) is 0 Å². The summed E-state index contributed by atoms with van der Waals surface area (Å²) >= 11 is 0. The summed E-state index contributed by atoms with van der Waals surface area (Å²) in [5.74, 6) is 0.746. The number of hydrogen-bond donors (Lipinski definition) is 0. The quantitative estimate of drug-likeness (QED) is 0.846. The first-order chi connectivity index (χ1) is 11.8. The molecule has 1 unspecified atom stereocenters. The molecular formula is C21H30N2O. The number of rotatable bonds is 4. The summed E-state index contributed by atoms with van der Waals surface area (Å²) in [6.07, 6.45) is 9.72. The van der Waals surface area contributed by atoms with Crippen molar-refractivity contribution in [3.8, 4) is 0 Å². The Balaban J connectivity index is 1.48. The molecule has 3 heteroatoms. The maximum absolute atomic E-state index is 13.2. The molecule has 1 amide bonds. The van der Waals surface area contributed by atoms with Crippen LogP contribution in [0.4, 0.5) is 0 Å². The molecular weight excluding hydrogens is 296 g/mol. The molecule has 0 bridgehead atoms. The van der Waals surface area contributed by atoms with Crippen molar-refractivity contribution in [1.29, 1.82) is 0 Å². The van der Waals surface area contributed by atoms with E-state index >= 15 is 0 Å². The minimum atomic E-state index is 0.296. The molecule has 1 aliphatic heterocycles. The second kappa shape index (κ2) is 7.26. The SMILES string of the molecule is O=C(C1CCCCC1)N1CCN(C2CC2)CC1Cc1ccccc1. The molecule has 0 spiro atoms. The summed E-state index contributed by atoms with van der Waals surface area (Å²) in [7, 11) is 0. The number of hydrogen-bond acceptors (Lipinski definition) is 2. The molecule has 4 rings (SSSR count). The monoisotopic (exact) mass is 326 g/mol. The highest BCUT2D eigenvalue weighted by Crippen LogP contribution is 2.32. The van der Waals surface area contributed by atoms with Gasteiger partial charge in [-0.3, -0.25) is 9.69 Å². The normalized spacial score (nSPS) is 26.5. The molecule has 0 aromatic heterocycles. The second-order valence-corrected chi connectivity index (χ2v) is 7.94. The Morgan fingerprint density at radius 3 is 2.42 bits per heavy atom. The lowest BCUT2D eigenvalue weighted by Crippen LogP contribution is -2.57. The fourth-order valence-electron chi connectivity index (χ4n) is 4.59. The summed E-state index contributed by atoms with van der Waals surface area (Å²) in [6, 6.07) is 11.9. The predicted molar refractivity (Wildman–Crippen MR) is 96.8 cm³/mol. The van der Waals surface area contributed by atoms with Crippen LogP contribution in [0.1, 0.15) is 50.5 Å². The van der Waals surface area contributed by atoms with Crippen LogP contribution < -0.4 is 0 Å². The Hall–Kier alpha value is -1.35. The van der Waals surface area contributed by atoms with Gasteiger partial charge in [-0.2, -0.15) is 0 Å². The summed E-state index contributed by atoms with van der Waals surface area (Å²) in [5, 5.41) is 0. The maximum atomic E-state index is 13.2. The van der Waals surface area contributed by atoms with E-state index in [4.69, 9.17) is 0 Å². The molecule has 2 saturated carbocycles. The van der Waals surface area contributed by atoms with Crippen LogP contribution in [0, 0.1) is 5.92 Å². The van der Waals surface area contributed by atoms with Crippen LogP contribution in [-0.2, 0) is 11.2 Å². The number of carbonyl (C=O) groups is 1. The summed E-state index contributed by atoms with van der Waals surface area (Å²) in [4.78, 5) is 18.0. The highest BCUT2D eigenvalue weighted by Gasteiger charge is 2.38. The van der Waals surface area contributed by atoms with Crippen LogP contribution >= 0.6 is 0 Å². The molecule has 1 aromatic rings. The lowest BCUT2D eigenvalue weighted by Gasteiger charge is -2.43. The smallest absolute Gasteiger partial charge is 0.226 e. The van der Waals surface area contributed by atoms with Gasteiger partial charge < -0.3 is 4.90 Å². The zero-order chi connectivity index (χ0) is 16.4. The average Bonchev–Trinajstić information content (AvgIpc) is 3.48. The minimum absolute atomic E-state index is 0.296. The van der Waals surface area contributed by atoms with Gasteiger partial charge in [-0.05, 0) is 37.7 Å². The van der Waals surface area contributed by atoms with Crippen molar-refractivity contribution in [2.75, 3.05) is 19.6 Å². The van der Waals surface area contributed by atoms with Crippen molar-refractivity contribution in [2.24, 2.45) is 5.92 Å².